The fourth-order valence-electron chi connectivity index (χ4n) is 3.05. The quantitative estimate of drug-likeness (QED) is 0.723. The zero-order valence-electron chi connectivity index (χ0n) is 14.3. The SMILES string of the molecule is O=C(Nc1ncc(C2CCNCC2)s1)c1cn(Cc2ccccc2)nn1. The second-order valence-electron chi connectivity index (χ2n) is 6.33. The first-order chi connectivity index (χ1) is 12.8. The average molecular weight is 368 g/mol. The van der Waals surface area contributed by atoms with E-state index in [2.05, 4.69) is 25.9 Å². The lowest BCUT2D eigenvalue weighted by Gasteiger charge is -2.20. The zero-order chi connectivity index (χ0) is 17.8. The Kier molecular flexibility index (Phi) is 5.03. The van der Waals surface area contributed by atoms with Crippen LogP contribution in [0.15, 0.2) is 42.7 Å². The van der Waals surface area contributed by atoms with Crippen LogP contribution in [0.3, 0.4) is 0 Å². The van der Waals surface area contributed by atoms with Crippen LogP contribution in [0, 0.1) is 0 Å². The number of nitrogens with one attached hydrogen (secondary N) is 2. The summed E-state index contributed by atoms with van der Waals surface area (Å²) in [5.74, 6) is 0.252. The predicted molar refractivity (Wildman–Crippen MR) is 100 cm³/mol. The number of carbonyl (C=O) groups is 1. The standard InChI is InChI=1S/C18H20N6OS/c25-17(15-12-24(23-22-15)11-13-4-2-1-3-5-13)21-18-20-10-16(26-18)14-6-8-19-9-7-14/h1-5,10,12,14,19H,6-9,11H2,(H,20,21,25). The Morgan fingerprint density at radius 2 is 2.08 bits per heavy atom. The number of hydrogen-bond donors (Lipinski definition) is 2. The largest absolute Gasteiger partial charge is 0.317 e. The fraction of sp³-hybridized carbons (Fsp3) is 0.333. The van der Waals surface area contributed by atoms with Crippen LogP contribution in [-0.2, 0) is 6.54 Å². The third-order valence-corrected chi connectivity index (χ3v) is 5.52. The predicted octanol–water partition coefficient (Wildman–Crippen LogP) is 2.50. The Morgan fingerprint density at radius 3 is 2.88 bits per heavy atom. The second kappa shape index (κ2) is 7.76. The number of anilines is 1. The third kappa shape index (κ3) is 3.97. The van der Waals surface area contributed by atoms with E-state index in [1.165, 1.54) is 4.88 Å². The molecule has 0 bridgehead atoms. The minimum Gasteiger partial charge on any atom is -0.317 e. The van der Waals surface area contributed by atoms with E-state index in [-0.39, 0.29) is 5.91 Å². The van der Waals surface area contributed by atoms with Crippen molar-refractivity contribution in [3.63, 3.8) is 0 Å². The lowest BCUT2D eigenvalue weighted by molar-refractivity contribution is 0.102. The van der Waals surface area contributed by atoms with Gasteiger partial charge in [0.15, 0.2) is 10.8 Å². The Bertz CT molecular complexity index is 869. The van der Waals surface area contributed by atoms with Crippen molar-refractivity contribution in [1.29, 1.82) is 0 Å². The molecule has 0 atom stereocenters. The van der Waals surface area contributed by atoms with Crippen LogP contribution in [-0.4, -0.2) is 39.0 Å². The first-order valence-electron chi connectivity index (χ1n) is 8.70. The molecule has 0 spiro atoms. The summed E-state index contributed by atoms with van der Waals surface area (Å²) in [5.41, 5.74) is 1.40. The molecular weight excluding hydrogens is 348 g/mol. The number of hydrogen-bond acceptors (Lipinski definition) is 6. The Hall–Kier alpha value is -2.58. The van der Waals surface area contributed by atoms with E-state index in [4.69, 9.17) is 0 Å². The van der Waals surface area contributed by atoms with Crippen LogP contribution in [0.4, 0.5) is 5.13 Å². The third-order valence-electron chi connectivity index (χ3n) is 4.44. The molecule has 1 fully saturated rings. The van der Waals surface area contributed by atoms with Gasteiger partial charge in [0, 0.05) is 11.1 Å². The van der Waals surface area contributed by atoms with Crippen LogP contribution < -0.4 is 10.6 Å². The van der Waals surface area contributed by atoms with Gasteiger partial charge in [0.1, 0.15) is 0 Å². The van der Waals surface area contributed by atoms with Crippen molar-refractivity contribution in [2.45, 2.75) is 25.3 Å². The summed E-state index contributed by atoms with van der Waals surface area (Å²) in [7, 11) is 0. The van der Waals surface area contributed by atoms with Crippen LogP contribution >= 0.6 is 11.3 Å². The number of nitrogens with zero attached hydrogens (tertiary/aromatic N) is 4. The minimum absolute atomic E-state index is 0.282. The highest BCUT2D eigenvalue weighted by atomic mass is 32.1. The molecule has 3 aromatic rings. The number of thiazole rings is 1. The maximum atomic E-state index is 12.4. The van der Waals surface area contributed by atoms with Crippen molar-refractivity contribution in [2.75, 3.05) is 18.4 Å². The highest BCUT2D eigenvalue weighted by Gasteiger charge is 2.19. The van der Waals surface area contributed by atoms with E-state index in [0.29, 0.717) is 23.3 Å². The monoisotopic (exact) mass is 368 g/mol. The zero-order valence-corrected chi connectivity index (χ0v) is 15.1. The molecule has 0 saturated carbocycles. The Labute approximate surface area is 155 Å². The van der Waals surface area contributed by atoms with Gasteiger partial charge in [-0.15, -0.1) is 16.4 Å². The molecule has 0 radical (unpaired) electrons. The van der Waals surface area contributed by atoms with E-state index in [0.717, 1.165) is 31.5 Å². The molecule has 2 N–H and O–H groups in total. The van der Waals surface area contributed by atoms with Gasteiger partial charge in [-0.3, -0.25) is 10.1 Å². The van der Waals surface area contributed by atoms with Gasteiger partial charge in [-0.05, 0) is 37.4 Å². The van der Waals surface area contributed by atoms with Gasteiger partial charge >= 0.3 is 0 Å². The topological polar surface area (TPSA) is 84.7 Å². The number of piperidine rings is 1. The second-order valence-corrected chi connectivity index (χ2v) is 7.40. The van der Waals surface area contributed by atoms with Crippen molar-refractivity contribution in [1.82, 2.24) is 25.3 Å². The number of amides is 1. The molecule has 1 aromatic carbocycles. The first-order valence-corrected chi connectivity index (χ1v) is 9.51. The van der Waals surface area contributed by atoms with E-state index in [1.54, 1.807) is 22.2 Å². The number of aromatic nitrogens is 4. The fourth-order valence-corrected chi connectivity index (χ4v) is 4.03. The van der Waals surface area contributed by atoms with Crippen LogP contribution in [0.2, 0.25) is 0 Å². The van der Waals surface area contributed by atoms with Gasteiger partial charge in [0.05, 0.1) is 12.7 Å². The lowest BCUT2D eigenvalue weighted by Crippen LogP contribution is -2.26. The van der Waals surface area contributed by atoms with E-state index in [9.17, 15) is 4.79 Å². The number of benzene rings is 1. The molecule has 2 aromatic heterocycles. The molecule has 1 amide bonds. The van der Waals surface area contributed by atoms with Crippen molar-refractivity contribution in [2.24, 2.45) is 0 Å². The highest BCUT2D eigenvalue weighted by molar-refractivity contribution is 7.15. The van der Waals surface area contributed by atoms with Gasteiger partial charge < -0.3 is 5.32 Å². The lowest BCUT2D eigenvalue weighted by atomic mass is 9.97. The molecule has 1 aliphatic heterocycles. The average Bonchev–Trinajstić information content (AvgIpc) is 3.33. The molecule has 0 unspecified atom stereocenters. The van der Waals surface area contributed by atoms with E-state index >= 15 is 0 Å². The van der Waals surface area contributed by atoms with Crippen molar-refractivity contribution < 1.29 is 4.79 Å². The molecule has 0 aliphatic carbocycles. The molecule has 4 rings (SSSR count). The van der Waals surface area contributed by atoms with Crippen LogP contribution in [0.1, 0.15) is 39.7 Å². The van der Waals surface area contributed by atoms with E-state index < -0.39 is 0 Å². The van der Waals surface area contributed by atoms with E-state index in [1.807, 2.05) is 36.5 Å². The molecule has 7 nitrogen and oxygen atoms in total. The van der Waals surface area contributed by atoms with Gasteiger partial charge in [-0.1, -0.05) is 35.5 Å². The summed E-state index contributed by atoms with van der Waals surface area (Å²) < 4.78 is 1.66. The van der Waals surface area contributed by atoms with Gasteiger partial charge in [-0.2, -0.15) is 0 Å². The summed E-state index contributed by atoms with van der Waals surface area (Å²) in [6.07, 6.45) is 5.76. The summed E-state index contributed by atoms with van der Waals surface area (Å²) in [6, 6.07) is 9.94. The maximum Gasteiger partial charge on any atom is 0.279 e. The summed E-state index contributed by atoms with van der Waals surface area (Å²) in [5, 5.41) is 14.8. The maximum absolute atomic E-state index is 12.4. The molecule has 1 saturated heterocycles. The molecule has 26 heavy (non-hydrogen) atoms. The van der Waals surface area contributed by atoms with Gasteiger partial charge in [0.2, 0.25) is 0 Å². The van der Waals surface area contributed by atoms with Crippen LogP contribution in [0.5, 0.6) is 0 Å². The molecule has 134 valence electrons. The number of rotatable bonds is 5. The van der Waals surface area contributed by atoms with Gasteiger partial charge in [-0.25, -0.2) is 9.67 Å². The Morgan fingerprint density at radius 1 is 1.27 bits per heavy atom. The molecule has 8 heteroatoms. The highest BCUT2D eigenvalue weighted by Crippen LogP contribution is 2.31. The summed E-state index contributed by atoms with van der Waals surface area (Å²) in [4.78, 5) is 18.0. The number of carbonyl (C=O) groups excluding carboxylic acids is 1. The van der Waals surface area contributed by atoms with Crippen molar-refractivity contribution in [3.05, 3.63) is 58.9 Å². The summed E-state index contributed by atoms with van der Waals surface area (Å²) >= 11 is 1.55. The minimum atomic E-state index is -0.282. The molecule has 3 heterocycles. The Balaban J connectivity index is 1.38. The molecule has 1 aliphatic rings. The van der Waals surface area contributed by atoms with Crippen molar-refractivity contribution in [3.8, 4) is 0 Å². The summed E-state index contributed by atoms with van der Waals surface area (Å²) in [6.45, 7) is 2.65. The van der Waals surface area contributed by atoms with Crippen molar-refractivity contribution >= 4 is 22.4 Å². The normalized spacial score (nSPS) is 15.1. The van der Waals surface area contributed by atoms with Crippen LogP contribution in [0.25, 0.3) is 0 Å². The molecular formula is C18H20N6OS. The first kappa shape index (κ1) is 16.9. The smallest absolute Gasteiger partial charge is 0.279 e. The van der Waals surface area contributed by atoms with Gasteiger partial charge in [0.25, 0.3) is 5.91 Å².